The van der Waals surface area contributed by atoms with Gasteiger partial charge in [-0.25, -0.2) is 0 Å². The summed E-state index contributed by atoms with van der Waals surface area (Å²) in [5, 5.41) is 2.58. The number of benzene rings is 1. The lowest BCUT2D eigenvalue weighted by Gasteiger charge is -2.31. The molecule has 28 heavy (non-hydrogen) atoms. The van der Waals surface area contributed by atoms with Crippen LogP contribution in [0.3, 0.4) is 0 Å². The van der Waals surface area contributed by atoms with Crippen LogP contribution in [0, 0.1) is 11.8 Å². The molecule has 0 heterocycles. The fourth-order valence-electron chi connectivity index (χ4n) is 3.08. The van der Waals surface area contributed by atoms with Crippen molar-refractivity contribution in [2.75, 3.05) is 0 Å². The van der Waals surface area contributed by atoms with Crippen molar-refractivity contribution >= 4 is 20.4 Å². The van der Waals surface area contributed by atoms with Crippen molar-refractivity contribution in [1.82, 2.24) is 0 Å². The predicted molar refractivity (Wildman–Crippen MR) is 126 cm³/mol. The van der Waals surface area contributed by atoms with Crippen LogP contribution >= 0.6 is 0 Å². The molecule has 0 spiro atoms. The minimum atomic E-state index is -1.98. The zero-order valence-corrected chi connectivity index (χ0v) is 20.0. The van der Waals surface area contributed by atoms with Crippen molar-refractivity contribution < 1.29 is 9.31 Å². The van der Waals surface area contributed by atoms with Gasteiger partial charge in [0.1, 0.15) is 8.07 Å². The van der Waals surface area contributed by atoms with E-state index in [4.69, 9.17) is 9.31 Å². The van der Waals surface area contributed by atoms with Crippen LogP contribution in [0.2, 0.25) is 13.1 Å². The molecule has 154 valence electrons. The average Bonchev–Trinajstić information content (AvgIpc) is 2.63. The molecule has 0 amide bonds. The van der Waals surface area contributed by atoms with Crippen LogP contribution in [0.15, 0.2) is 41.5 Å². The van der Waals surface area contributed by atoms with Gasteiger partial charge in [0.25, 0.3) is 0 Å². The van der Waals surface area contributed by atoms with Crippen molar-refractivity contribution in [3.63, 3.8) is 0 Å². The molecular formula is C24H39BO2Si. The van der Waals surface area contributed by atoms with Gasteiger partial charge in [0, 0.05) is 18.6 Å². The van der Waals surface area contributed by atoms with E-state index < -0.39 is 8.07 Å². The number of hydrogen-bond donors (Lipinski definition) is 0. The van der Waals surface area contributed by atoms with Crippen LogP contribution < -0.4 is 5.19 Å². The second-order valence-electron chi connectivity index (χ2n) is 8.42. The highest BCUT2D eigenvalue weighted by Gasteiger charge is 2.39. The first-order valence-electron chi connectivity index (χ1n) is 10.8. The second kappa shape index (κ2) is 13.0. The van der Waals surface area contributed by atoms with E-state index in [1.165, 1.54) is 36.0 Å². The Morgan fingerprint density at radius 3 is 2.14 bits per heavy atom. The van der Waals surface area contributed by atoms with Crippen LogP contribution in [-0.4, -0.2) is 27.4 Å². The molecule has 4 heteroatoms. The van der Waals surface area contributed by atoms with Crippen LogP contribution in [-0.2, 0) is 9.31 Å². The second-order valence-corrected chi connectivity index (χ2v) is 12.8. The number of rotatable bonds is 11. The Balaban J connectivity index is 3.17. The largest absolute Gasteiger partial charge is 0.486 e. The lowest BCUT2D eigenvalue weighted by atomic mass is 9.87. The Bertz CT molecular complexity index is 632. The normalized spacial score (nSPS) is 12.2. The Morgan fingerprint density at radius 2 is 1.61 bits per heavy atom. The summed E-state index contributed by atoms with van der Waals surface area (Å²) in [5.74, 6) is 6.67. The Labute approximate surface area is 175 Å². The Morgan fingerprint density at radius 1 is 1.00 bits per heavy atom. The van der Waals surface area contributed by atoms with E-state index in [0.29, 0.717) is 0 Å². The number of unbranched alkanes of at least 4 members (excludes halogenated alkanes) is 4. The van der Waals surface area contributed by atoms with E-state index in [2.05, 4.69) is 96.0 Å². The fourth-order valence-corrected chi connectivity index (χ4v) is 5.60. The van der Waals surface area contributed by atoms with Crippen LogP contribution in [0.5, 0.6) is 0 Å². The van der Waals surface area contributed by atoms with Gasteiger partial charge in [-0.15, -0.1) is 0 Å². The highest BCUT2D eigenvalue weighted by atomic mass is 28.3. The van der Waals surface area contributed by atoms with Gasteiger partial charge < -0.3 is 9.31 Å². The molecule has 1 aromatic rings. The van der Waals surface area contributed by atoms with Crippen LogP contribution in [0.4, 0.5) is 0 Å². The van der Waals surface area contributed by atoms with Gasteiger partial charge in [-0.05, 0) is 45.3 Å². The molecule has 1 aromatic carbocycles. The van der Waals surface area contributed by atoms with E-state index in [9.17, 15) is 0 Å². The van der Waals surface area contributed by atoms with Gasteiger partial charge in [-0.2, -0.15) is 0 Å². The highest BCUT2D eigenvalue weighted by Crippen LogP contribution is 2.21. The molecule has 0 radical (unpaired) electrons. The third kappa shape index (κ3) is 8.82. The van der Waals surface area contributed by atoms with Gasteiger partial charge in [0.05, 0.1) is 0 Å². The molecule has 0 fully saturated rings. The van der Waals surface area contributed by atoms with E-state index >= 15 is 0 Å². The van der Waals surface area contributed by atoms with Crippen LogP contribution in [0.1, 0.15) is 66.7 Å². The lowest BCUT2D eigenvalue weighted by Crippen LogP contribution is -2.51. The van der Waals surface area contributed by atoms with E-state index in [1.807, 2.05) is 0 Å². The SMILES string of the molecule is CCCCCCC#C/C=C(/B(OC(C)C)OC(C)C)[Si](C)(C)c1ccccc1. The molecule has 0 aromatic heterocycles. The highest BCUT2D eigenvalue weighted by molar-refractivity contribution is 7.04. The fraction of sp³-hybridized carbons (Fsp3) is 0.583. The summed E-state index contributed by atoms with van der Waals surface area (Å²) in [6.07, 6.45) is 8.23. The summed E-state index contributed by atoms with van der Waals surface area (Å²) in [5.41, 5.74) is 0. The van der Waals surface area contributed by atoms with Gasteiger partial charge in [0.2, 0.25) is 0 Å². The van der Waals surface area contributed by atoms with Gasteiger partial charge >= 0.3 is 7.12 Å². The third-order valence-corrected chi connectivity index (χ3v) is 8.35. The molecule has 0 aliphatic carbocycles. The van der Waals surface area contributed by atoms with Gasteiger partial charge in [-0.1, -0.05) is 86.6 Å². The average molecular weight is 398 g/mol. The quantitative estimate of drug-likeness (QED) is 0.262. The maximum Gasteiger partial charge on any atom is 0.486 e. The Kier molecular flexibility index (Phi) is 11.5. The van der Waals surface area contributed by atoms with Gasteiger partial charge in [0.15, 0.2) is 0 Å². The van der Waals surface area contributed by atoms with E-state index in [-0.39, 0.29) is 19.3 Å². The predicted octanol–water partition coefficient (Wildman–Crippen LogP) is 5.92. The molecule has 0 aliphatic rings. The van der Waals surface area contributed by atoms with Crippen molar-refractivity contribution in [2.24, 2.45) is 0 Å². The maximum absolute atomic E-state index is 6.22. The zero-order valence-electron chi connectivity index (χ0n) is 19.0. The first kappa shape index (κ1) is 24.8. The van der Waals surface area contributed by atoms with Crippen molar-refractivity contribution in [1.29, 1.82) is 0 Å². The van der Waals surface area contributed by atoms with Crippen molar-refractivity contribution in [2.45, 2.75) is 92.0 Å². The third-order valence-electron chi connectivity index (χ3n) is 4.75. The smallest absolute Gasteiger partial charge is 0.406 e. The molecule has 0 N–H and O–H groups in total. The van der Waals surface area contributed by atoms with E-state index in [1.54, 1.807) is 0 Å². The van der Waals surface area contributed by atoms with Gasteiger partial charge in [-0.3, -0.25) is 0 Å². The molecular weight excluding hydrogens is 359 g/mol. The summed E-state index contributed by atoms with van der Waals surface area (Å²) in [7, 11) is -2.33. The minimum absolute atomic E-state index is 0.0923. The van der Waals surface area contributed by atoms with Crippen molar-refractivity contribution in [3.05, 3.63) is 41.5 Å². The summed E-state index contributed by atoms with van der Waals surface area (Å²) in [6, 6.07) is 10.7. The topological polar surface area (TPSA) is 18.5 Å². The first-order valence-corrected chi connectivity index (χ1v) is 13.8. The number of allylic oxidation sites excluding steroid dienone is 1. The molecule has 2 nitrogen and oxygen atoms in total. The first-order chi connectivity index (χ1) is 13.3. The van der Waals surface area contributed by atoms with Crippen molar-refractivity contribution in [3.8, 4) is 11.8 Å². The molecule has 0 bridgehead atoms. The standard InChI is InChI=1S/C24H39BO2Si/c1-8-9-10-11-12-13-17-20-24(25(26-21(2)3)27-22(4)5)28(6,7)23-18-15-14-16-19-23/h14-16,18-22H,8-12H2,1-7H3/b24-20-. The number of hydrogen-bond acceptors (Lipinski definition) is 2. The lowest BCUT2D eigenvalue weighted by molar-refractivity contribution is 0.137. The van der Waals surface area contributed by atoms with Crippen LogP contribution in [0.25, 0.3) is 0 Å². The molecule has 1 rings (SSSR count). The zero-order chi connectivity index (χ0) is 21.0. The summed E-state index contributed by atoms with van der Waals surface area (Å²) in [4.78, 5) is 0. The maximum atomic E-state index is 6.22. The molecule has 0 saturated carbocycles. The Hall–Kier alpha value is -1.28. The minimum Gasteiger partial charge on any atom is -0.406 e. The molecule has 0 aliphatic heterocycles. The van der Waals surface area contributed by atoms with E-state index in [0.717, 1.165) is 6.42 Å². The molecule has 0 unspecified atom stereocenters. The summed E-state index contributed by atoms with van der Waals surface area (Å²) in [6.45, 7) is 15.2. The molecule has 0 atom stereocenters. The monoisotopic (exact) mass is 398 g/mol. The summed E-state index contributed by atoms with van der Waals surface area (Å²) >= 11 is 0. The summed E-state index contributed by atoms with van der Waals surface area (Å²) < 4.78 is 12.4. The molecule has 0 saturated heterocycles.